The van der Waals surface area contributed by atoms with Gasteiger partial charge in [-0.1, -0.05) is 311 Å². The van der Waals surface area contributed by atoms with Crippen molar-refractivity contribution in [3.8, 4) is 0 Å². The Balaban J connectivity index is 4.21. The Labute approximate surface area is 425 Å². The third kappa shape index (κ3) is 52.2. The van der Waals surface area contributed by atoms with Crippen molar-refractivity contribution in [2.75, 3.05) is 13.2 Å². The Morgan fingerprint density at radius 3 is 0.765 bits per heavy atom. The summed E-state index contributed by atoms with van der Waals surface area (Å²) in [6, 6.07) is 0. The molecule has 0 amide bonds. The predicted octanol–water partition coefficient (Wildman–Crippen LogP) is 20.4. The Morgan fingerprint density at radius 2 is 0.515 bits per heavy atom. The standard InChI is InChI=1S/C62H120O6/c1-6-9-10-11-12-13-32-37-42-47-52-60(63)66-55-59(56-67-61(64)53-48-43-38-33-28-24-21-20-23-27-31-36-41-46-51-58(5)8-3)68-62(65)54-49-44-39-34-29-25-19-17-15-14-16-18-22-26-30-35-40-45-50-57(4)7-2/h57-59H,6-56H2,1-5H3/t57?,58?,59-/m0/s1. The fourth-order valence-corrected chi connectivity index (χ4v) is 9.52. The first-order valence-corrected chi connectivity index (χ1v) is 30.8. The van der Waals surface area contributed by atoms with Gasteiger partial charge >= 0.3 is 17.9 Å². The molecule has 0 aromatic heterocycles. The molecule has 0 aliphatic carbocycles. The summed E-state index contributed by atoms with van der Waals surface area (Å²) in [5, 5.41) is 0. The van der Waals surface area contributed by atoms with E-state index in [1.807, 2.05) is 0 Å². The van der Waals surface area contributed by atoms with Crippen LogP contribution < -0.4 is 0 Å². The summed E-state index contributed by atoms with van der Waals surface area (Å²) in [5.74, 6) is 0.968. The van der Waals surface area contributed by atoms with Gasteiger partial charge in [-0.05, 0) is 31.1 Å². The van der Waals surface area contributed by atoms with E-state index in [2.05, 4.69) is 34.6 Å². The molecule has 0 radical (unpaired) electrons. The molecule has 0 rings (SSSR count). The number of carbonyl (C=O) groups is 3. The number of carbonyl (C=O) groups excluding carboxylic acids is 3. The smallest absolute Gasteiger partial charge is 0.306 e. The normalized spacial score (nSPS) is 12.8. The summed E-state index contributed by atoms with van der Waals surface area (Å²) in [6.45, 7) is 11.5. The highest BCUT2D eigenvalue weighted by Gasteiger charge is 2.19. The first-order valence-electron chi connectivity index (χ1n) is 30.8. The van der Waals surface area contributed by atoms with E-state index in [4.69, 9.17) is 14.2 Å². The van der Waals surface area contributed by atoms with Crippen molar-refractivity contribution >= 4 is 17.9 Å². The quantitative estimate of drug-likeness (QED) is 0.0343. The third-order valence-corrected chi connectivity index (χ3v) is 14.9. The predicted molar refractivity (Wildman–Crippen MR) is 293 cm³/mol. The van der Waals surface area contributed by atoms with Crippen LogP contribution in [0.5, 0.6) is 0 Å². The summed E-state index contributed by atoms with van der Waals surface area (Å²) in [4.78, 5) is 38.2. The highest BCUT2D eigenvalue weighted by molar-refractivity contribution is 5.71. The Morgan fingerprint density at radius 1 is 0.294 bits per heavy atom. The molecule has 0 N–H and O–H groups in total. The summed E-state index contributed by atoms with van der Waals surface area (Å²) in [6.07, 6.45) is 59.5. The van der Waals surface area contributed by atoms with Crippen LogP contribution in [0.25, 0.3) is 0 Å². The van der Waals surface area contributed by atoms with E-state index in [0.717, 1.165) is 69.6 Å². The number of hydrogen-bond donors (Lipinski definition) is 0. The van der Waals surface area contributed by atoms with Crippen molar-refractivity contribution in [2.24, 2.45) is 11.8 Å². The lowest BCUT2D eigenvalue weighted by Crippen LogP contribution is -2.30. The zero-order valence-corrected chi connectivity index (χ0v) is 46.7. The van der Waals surface area contributed by atoms with Crippen LogP contribution in [0.1, 0.15) is 349 Å². The Hall–Kier alpha value is -1.59. The molecule has 0 saturated heterocycles. The second kappa shape index (κ2) is 54.7. The molecule has 0 spiro atoms. The fourth-order valence-electron chi connectivity index (χ4n) is 9.52. The van der Waals surface area contributed by atoms with Crippen LogP contribution in [0.3, 0.4) is 0 Å². The Bertz CT molecular complexity index is 1040. The molecule has 2 unspecified atom stereocenters. The molecule has 68 heavy (non-hydrogen) atoms. The topological polar surface area (TPSA) is 78.9 Å². The average molecular weight is 962 g/mol. The van der Waals surface area contributed by atoms with E-state index in [9.17, 15) is 14.4 Å². The van der Waals surface area contributed by atoms with Crippen LogP contribution in [0.15, 0.2) is 0 Å². The lowest BCUT2D eigenvalue weighted by Gasteiger charge is -2.18. The molecule has 0 aliphatic rings. The molecular formula is C62H120O6. The van der Waals surface area contributed by atoms with Crippen LogP contribution in [0, 0.1) is 11.8 Å². The fraction of sp³-hybridized carbons (Fsp3) is 0.952. The van der Waals surface area contributed by atoms with Crippen molar-refractivity contribution in [3.05, 3.63) is 0 Å². The number of rotatable bonds is 56. The van der Waals surface area contributed by atoms with Gasteiger partial charge in [-0.15, -0.1) is 0 Å². The number of unbranched alkanes of at least 4 members (excludes halogenated alkanes) is 39. The first kappa shape index (κ1) is 66.4. The molecule has 0 aromatic rings. The maximum atomic E-state index is 12.9. The van der Waals surface area contributed by atoms with Gasteiger partial charge in [0.2, 0.25) is 0 Å². The highest BCUT2D eigenvalue weighted by atomic mass is 16.6. The first-order chi connectivity index (χ1) is 33.3. The van der Waals surface area contributed by atoms with Crippen molar-refractivity contribution in [3.63, 3.8) is 0 Å². The van der Waals surface area contributed by atoms with Gasteiger partial charge in [0.05, 0.1) is 0 Å². The molecule has 6 heteroatoms. The second-order valence-corrected chi connectivity index (χ2v) is 21.8. The van der Waals surface area contributed by atoms with Gasteiger partial charge in [-0.25, -0.2) is 0 Å². The van der Waals surface area contributed by atoms with Crippen molar-refractivity contribution in [1.29, 1.82) is 0 Å². The van der Waals surface area contributed by atoms with Crippen molar-refractivity contribution in [1.82, 2.24) is 0 Å². The number of hydrogen-bond acceptors (Lipinski definition) is 6. The van der Waals surface area contributed by atoms with Crippen LogP contribution in [-0.4, -0.2) is 37.2 Å². The van der Waals surface area contributed by atoms with E-state index >= 15 is 0 Å². The molecular weight excluding hydrogens is 841 g/mol. The minimum Gasteiger partial charge on any atom is -0.462 e. The minimum atomic E-state index is -0.762. The molecule has 0 heterocycles. The Kier molecular flexibility index (Phi) is 53.5. The van der Waals surface area contributed by atoms with E-state index in [1.54, 1.807) is 0 Å². The van der Waals surface area contributed by atoms with Crippen molar-refractivity contribution in [2.45, 2.75) is 355 Å². The third-order valence-electron chi connectivity index (χ3n) is 14.9. The molecule has 0 fully saturated rings. The molecule has 3 atom stereocenters. The van der Waals surface area contributed by atoms with E-state index in [0.29, 0.717) is 19.3 Å². The lowest BCUT2D eigenvalue weighted by atomic mass is 9.99. The monoisotopic (exact) mass is 961 g/mol. The maximum Gasteiger partial charge on any atom is 0.306 e. The molecule has 0 aliphatic heterocycles. The number of ether oxygens (including phenoxy) is 3. The molecule has 0 aromatic carbocycles. The summed E-state index contributed by atoms with van der Waals surface area (Å²) < 4.78 is 16.9. The molecule has 0 bridgehead atoms. The molecule has 0 saturated carbocycles. The molecule has 6 nitrogen and oxygen atoms in total. The minimum absolute atomic E-state index is 0.0623. The van der Waals surface area contributed by atoms with Crippen LogP contribution >= 0.6 is 0 Å². The van der Waals surface area contributed by atoms with Gasteiger partial charge in [0.25, 0.3) is 0 Å². The largest absolute Gasteiger partial charge is 0.462 e. The second-order valence-electron chi connectivity index (χ2n) is 21.8. The van der Waals surface area contributed by atoms with Crippen molar-refractivity contribution < 1.29 is 28.6 Å². The van der Waals surface area contributed by atoms with Crippen LogP contribution in [-0.2, 0) is 28.6 Å². The van der Waals surface area contributed by atoms with Gasteiger partial charge in [-0.3, -0.25) is 14.4 Å². The van der Waals surface area contributed by atoms with Gasteiger partial charge in [0.15, 0.2) is 6.10 Å². The zero-order chi connectivity index (χ0) is 49.6. The lowest BCUT2D eigenvalue weighted by molar-refractivity contribution is -0.167. The zero-order valence-electron chi connectivity index (χ0n) is 46.7. The summed E-state index contributed by atoms with van der Waals surface area (Å²) in [5.41, 5.74) is 0. The average Bonchev–Trinajstić information content (AvgIpc) is 3.34. The van der Waals surface area contributed by atoms with Crippen LogP contribution in [0.2, 0.25) is 0 Å². The molecule has 404 valence electrons. The van der Waals surface area contributed by atoms with Gasteiger partial charge in [0, 0.05) is 19.3 Å². The van der Waals surface area contributed by atoms with Gasteiger partial charge in [0.1, 0.15) is 13.2 Å². The van der Waals surface area contributed by atoms with Gasteiger partial charge in [-0.2, -0.15) is 0 Å². The van der Waals surface area contributed by atoms with E-state index in [-0.39, 0.29) is 31.1 Å². The highest BCUT2D eigenvalue weighted by Crippen LogP contribution is 2.19. The number of esters is 3. The summed E-state index contributed by atoms with van der Waals surface area (Å²) in [7, 11) is 0. The van der Waals surface area contributed by atoms with Crippen LogP contribution in [0.4, 0.5) is 0 Å². The van der Waals surface area contributed by atoms with E-state index in [1.165, 1.54) is 238 Å². The van der Waals surface area contributed by atoms with Gasteiger partial charge < -0.3 is 14.2 Å². The van der Waals surface area contributed by atoms with E-state index < -0.39 is 6.10 Å². The SMILES string of the molecule is CCCCCCCCCCCCC(=O)OC[C@@H](COC(=O)CCCCCCCCCCCCCCCCC(C)CC)OC(=O)CCCCCCCCCCCCCCCCCCCCC(C)CC. The maximum absolute atomic E-state index is 12.9. The summed E-state index contributed by atoms with van der Waals surface area (Å²) >= 11 is 0.